The molecule has 0 aromatic heterocycles. The lowest BCUT2D eigenvalue weighted by Gasteiger charge is -2.05. The Balaban J connectivity index is 1.70. The van der Waals surface area contributed by atoms with Gasteiger partial charge in [0.15, 0.2) is 12.4 Å². The summed E-state index contributed by atoms with van der Waals surface area (Å²) in [4.78, 5) is 16.5. The van der Waals surface area contributed by atoms with Crippen LogP contribution in [-0.4, -0.2) is 24.9 Å². The number of oxime groups is 1. The molecule has 0 spiro atoms. The van der Waals surface area contributed by atoms with Gasteiger partial charge in [0.25, 0.3) is 5.91 Å². The molecule has 5 nitrogen and oxygen atoms in total. The lowest BCUT2D eigenvalue weighted by Crippen LogP contribution is -2.29. The first kappa shape index (κ1) is 17.4. The first-order valence-corrected chi connectivity index (χ1v) is 7.27. The minimum Gasteiger partial charge on any atom is -0.384 e. The average Bonchev–Trinajstić information content (AvgIpc) is 2.57. The zero-order valence-electron chi connectivity index (χ0n) is 12.8. The van der Waals surface area contributed by atoms with Crippen LogP contribution in [0.3, 0.4) is 0 Å². The van der Waals surface area contributed by atoms with Gasteiger partial charge in [-0.2, -0.15) is 0 Å². The third kappa shape index (κ3) is 5.68. The number of benzene rings is 2. The van der Waals surface area contributed by atoms with E-state index in [1.807, 2.05) is 0 Å². The monoisotopic (exact) mass is 333 g/mol. The fourth-order valence-corrected chi connectivity index (χ4v) is 1.88. The van der Waals surface area contributed by atoms with Crippen molar-refractivity contribution in [1.82, 2.24) is 5.32 Å². The number of hydrogen-bond acceptors (Lipinski definition) is 3. The van der Waals surface area contributed by atoms with Crippen LogP contribution in [0.25, 0.3) is 0 Å². The lowest BCUT2D eigenvalue weighted by atomic mass is 10.1. The predicted molar refractivity (Wildman–Crippen MR) is 86.2 cm³/mol. The zero-order valence-corrected chi connectivity index (χ0v) is 12.8. The minimum atomic E-state index is -0.381. The zero-order chi connectivity index (χ0) is 17.4. The van der Waals surface area contributed by atoms with Gasteiger partial charge >= 0.3 is 0 Å². The van der Waals surface area contributed by atoms with E-state index in [1.165, 1.54) is 36.4 Å². The molecule has 0 aliphatic rings. The molecule has 2 rings (SSSR count). The first-order valence-electron chi connectivity index (χ1n) is 7.27. The molecule has 0 bridgehead atoms. The lowest BCUT2D eigenvalue weighted by molar-refractivity contribution is -0.125. The van der Waals surface area contributed by atoms with Crippen molar-refractivity contribution in [2.45, 2.75) is 6.42 Å². The largest absolute Gasteiger partial charge is 0.384 e. The second kappa shape index (κ2) is 8.61. The maximum atomic E-state index is 12.8. The summed E-state index contributed by atoms with van der Waals surface area (Å²) < 4.78 is 25.5. The Bertz CT molecular complexity index is 701. The molecule has 0 radical (unpaired) electrons. The highest BCUT2D eigenvalue weighted by Crippen LogP contribution is 2.03. The van der Waals surface area contributed by atoms with Crippen LogP contribution >= 0.6 is 0 Å². The summed E-state index contributed by atoms with van der Waals surface area (Å²) in [7, 11) is 0. The molecule has 0 saturated heterocycles. The third-order valence-corrected chi connectivity index (χ3v) is 3.15. The Morgan fingerprint density at radius 3 is 2.25 bits per heavy atom. The number of rotatable bonds is 7. The van der Waals surface area contributed by atoms with Crippen LogP contribution in [0.15, 0.2) is 53.7 Å². The van der Waals surface area contributed by atoms with Crippen molar-refractivity contribution in [3.8, 4) is 0 Å². The molecule has 0 unspecified atom stereocenters. The number of carbonyl (C=O) groups excluding carboxylic acids is 1. The summed E-state index contributed by atoms with van der Waals surface area (Å²) in [6.45, 7) is 0.107. The second-order valence-corrected chi connectivity index (χ2v) is 4.98. The normalized spacial score (nSPS) is 11.2. The Morgan fingerprint density at radius 2 is 1.62 bits per heavy atom. The number of amides is 1. The number of amidine groups is 1. The number of nitrogens with one attached hydrogen (secondary N) is 1. The van der Waals surface area contributed by atoms with Crippen molar-refractivity contribution in [2.24, 2.45) is 10.9 Å². The molecule has 7 heteroatoms. The van der Waals surface area contributed by atoms with Crippen molar-refractivity contribution >= 4 is 11.7 Å². The van der Waals surface area contributed by atoms with E-state index >= 15 is 0 Å². The molecule has 0 saturated carbocycles. The molecule has 0 aliphatic heterocycles. The number of nitrogens with zero attached hydrogens (tertiary/aromatic N) is 1. The summed E-state index contributed by atoms with van der Waals surface area (Å²) in [5.74, 6) is -0.984. The molecule has 2 aromatic rings. The smallest absolute Gasteiger partial charge is 0.260 e. The van der Waals surface area contributed by atoms with Gasteiger partial charge in [0.05, 0.1) is 0 Å². The Hall–Kier alpha value is -2.96. The Kier molecular flexibility index (Phi) is 6.24. The maximum absolute atomic E-state index is 12.8. The van der Waals surface area contributed by atoms with Crippen molar-refractivity contribution in [3.63, 3.8) is 0 Å². The summed E-state index contributed by atoms with van der Waals surface area (Å²) in [5, 5.41) is 6.26. The fourth-order valence-electron chi connectivity index (χ4n) is 1.88. The maximum Gasteiger partial charge on any atom is 0.260 e. The molecule has 3 N–H and O–H groups in total. The second-order valence-electron chi connectivity index (χ2n) is 4.98. The van der Waals surface area contributed by atoms with Crippen LogP contribution in [0.5, 0.6) is 0 Å². The van der Waals surface area contributed by atoms with Gasteiger partial charge in [0.1, 0.15) is 11.6 Å². The number of nitrogens with two attached hydrogens (primary N) is 1. The highest BCUT2D eigenvalue weighted by molar-refractivity contribution is 5.97. The molecule has 0 fully saturated rings. The van der Waals surface area contributed by atoms with Gasteiger partial charge in [0, 0.05) is 12.1 Å². The van der Waals surface area contributed by atoms with Crippen molar-refractivity contribution in [2.75, 3.05) is 13.2 Å². The van der Waals surface area contributed by atoms with E-state index in [2.05, 4.69) is 10.5 Å². The minimum absolute atomic E-state index is 0.0501. The van der Waals surface area contributed by atoms with Crippen LogP contribution < -0.4 is 11.1 Å². The van der Waals surface area contributed by atoms with Gasteiger partial charge < -0.3 is 15.9 Å². The number of carbonyl (C=O) groups is 1. The van der Waals surface area contributed by atoms with E-state index in [0.717, 1.165) is 5.56 Å². The van der Waals surface area contributed by atoms with Crippen LogP contribution in [0.2, 0.25) is 0 Å². The van der Waals surface area contributed by atoms with Gasteiger partial charge in [-0.3, -0.25) is 4.79 Å². The molecule has 0 atom stereocenters. The molecule has 0 heterocycles. The molecule has 1 amide bonds. The van der Waals surface area contributed by atoms with E-state index in [0.29, 0.717) is 18.5 Å². The summed E-state index contributed by atoms with van der Waals surface area (Å²) in [6, 6.07) is 11.5. The van der Waals surface area contributed by atoms with E-state index in [-0.39, 0.29) is 30.0 Å². The van der Waals surface area contributed by atoms with E-state index < -0.39 is 0 Å². The Labute approximate surface area is 138 Å². The highest BCUT2D eigenvalue weighted by atomic mass is 19.1. The van der Waals surface area contributed by atoms with Crippen LogP contribution in [0.4, 0.5) is 8.78 Å². The van der Waals surface area contributed by atoms with Gasteiger partial charge in [-0.25, -0.2) is 8.78 Å². The van der Waals surface area contributed by atoms with Crippen molar-refractivity contribution in [3.05, 3.63) is 71.3 Å². The van der Waals surface area contributed by atoms with E-state index in [9.17, 15) is 13.6 Å². The number of hydrogen-bond donors (Lipinski definition) is 2. The van der Waals surface area contributed by atoms with Gasteiger partial charge in [-0.05, 0) is 48.4 Å². The van der Waals surface area contributed by atoms with Gasteiger partial charge in [0.2, 0.25) is 0 Å². The highest BCUT2D eigenvalue weighted by Gasteiger charge is 2.03. The summed E-state index contributed by atoms with van der Waals surface area (Å²) >= 11 is 0. The molecule has 126 valence electrons. The van der Waals surface area contributed by atoms with Gasteiger partial charge in [-0.15, -0.1) is 0 Å². The topological polar surface area (TPSA) is 76.7 Å². The summed E-state index contributed by atoms with van der Waals surface area (Å²) in [6.07, 6.45) is 0.576. The quantitative estimate of drug-likeness (QED) is 0.462. The van der Waals surface area contributed by atoms with Crippen LogP contribution in [0.1, 0.15) is 11.1 Å². The Morgan fingerprint density at radius 1 is 1.04 bits per heavy atom. The summed E-state index contributed by atoms with van der Waals surface area (Å²) in [5.41, 5.74) is 7.07. The standard InChI is InChI=1S/C17H17F2N3O2/c18-14-5-1-12(2-6-14)9-10-21-16(23)11-24-22-17(20)13-3-7-15(19)8-4-13/h1-8H,9-11H2,(H2,20,22)(H,21,23). The molecule has 24 heavy (non-hydrogen) atoms. The third-order valence-electron chi connectivity index (χ3n) is 3.15. The average molecular weight is 333 g/mol. The molecular weight excluding hydrogens is 316 g/mol. The fraction of sp³-hybridized carbons (Fsp3) is 0.176. The molecule has 0 aliphatic carbocycles. The predicted octanol–water partition coefficient (Wildman–Crippen LogP) is 1.96. The van der Waals surface area contributed by atoms with Crippen LogP contribution in [-0.2, 0) is 16.1 Å². The first-order chi connectivity index (χ1) is 11.5. The van der Waals surface area contributed by atoms with Crippen LogP contribution in [0, 0.1) is 11.6 Å². The molecular formula is C17H17F2N3O2. The molecule has 2 aromatic carbocycles. The number of halogens is 2. The van der Waals surface area contributed by atoms with E-state index in [1.54, 1.807) is 12.1 Å². The SMILES string of the molecule is N/C(=N\OCC(=O)NCCc1ccc(F)cc1)c1ccc(F)cc1. The van der Waals surface area contributed by atoms with Gasteiger partial charge in [-0.1, -0.05) is 17.3 Å². The van der Waals surface area contributed by atoms with Crippen molar-refractivity contribution < 1.29 is 18.4 Å². The van der Waals surface area contributed by atoms with E-state index in [4.69, 9.17) is 10.6 Å². The van der Waals surface area contributed by atoms with Crippen molar-refractivity contribution in [1.29, 1.82) is 0 Å².